The van der Waals surface area contributed by atoms with E-state index in [0.717, 1.165) is 0 Å². The van der Waals surface area contributed by atoms with E-state index in [4.69, 9.17) is 0 Å². The minimum atomic E-state index is -0.620. The summed E-state index contributed by atoms with van der Waals surface area (Å²) in [6, 6.07) is 6.95. The Morgan fingerprint density at radius 3 is 2.41 bits per heavy atom. The summed E-state index contributed by atoms with van der Waals surface area (Å²) >= 11 is 0. The number of nitro groups is 1. The number of nitro benzene ring substituents is 1. The van der Waals surface area contributed by atoms with Crippen molar-refractivity contribution < 1.29 is 9.31 Å². The second-order valence-corrected chi connectivity index (χ2v) is 3.43. The second-order valence-electron chi connectivity index (χ2n) is 3.43. The fourth-order valence-electron chi connectivity index (χ4n) is 1.43. The maximum atomic E-state index is 13.1. The van der Waals surface area contributed by atoms with Crippen LogP contribution in [0.4, 0.5) is 10.1 Å². The first-order valence-electron chi connectivity index (χ1n) is 4.82. The van der Waals surface area contributed by atoms with Crippen LogP contribution in [0.1, 0.15) is 5.82 Å². The Morgan fingerprint density at radius 1 is 1.24 bits per heavy atom. The van der Waals surface area contributed by atoms with Crippen molar-refractivity contribution in [3.05, 3.63) is 52.2 Å². The minimum Gasteiger partial charge on any atom is -0.258 e. The van der Waals surface area contributed by atoms with Crippen molar-refractivity contribution in [2.75, 3.05) is 0 Å². The highest BCUT2D eigenvalue weighted by Gasteiger charge is 2.07. The van der Waals surface area contributed by atoms with Gasteiger partial charge in [0.25, 0.3) is 5.69 Å². The van der Waals surface area contributed by atoms with Crippen LogP contribution in [0.25, 0.3) is 11.3 Å². The molecule has 0 unspecified atom stereocenters. The highest BCUT2D eigenvalue weighted by Crippen LogP contribution is 2.20. The molecule has 0 fully saturated rings. The van der Waals surface area contributed by atoms with Gasteiger partial charge in [-0.05, 0) is 19.1 Å². The van der Waals surface area contributed by atoms with E-state index in [1.54, 1.807) is 6.92 Å². The second kappa shape index (κ2) is 4.25. The van der Waals surface area contributed by atoms with E-state index in [-0.39, 0.29) is 5.69 Å². The fraction of sp³-hybridized carbons (Fsp3) is 0.0909. The summed E-state index contributed by atoms with van der Waals surface area (Å²) in [5.41, 5.74) is 1.00. The molecule has 6 heteroatoms. The number of hydrogen-bond donors (Lipinski definition) is 0. The van der Waals surface area contributed by atoms with Crippen LogP contribution in [0, 0.1) is 23.0 Å². The van der Waals surface area contributed by atoms with Gasteiger partial charge in [0.2, 0.25) is 5.95 Å². The Morgan fingerprint density at radius 2 is 1.88 bits per heavy atom. The Bertz CT molecular complexity index is 549. The lowest BCUT2D eigenvalue weighted by molar-refractivity contribution is -0.384. The van der Waals surface area contributed by atoms with E-state index >= 15 is 0 Å². The summed E-state index contributed by atoms with van der Waals surface area (Å²) in [7, 11) is 0. The average molecular weight is 233 g/mol. The lowest BCUT2D eigenvalue weighted by atomic mass is 10.1. The summed E-state index contributed by atoms with van der Waals surface area (Å²) < 4.78 is 13.1. The fourth-order valence-corrected chi connectivity index (χ4v) is 1.43. The van der Waals surface area contributed by atoms with Crippen molar-refractivity contribution in [2.45, 2.75) is 6.92 Å². The van der Waals surface area contributed by atoms with Gasteiger partial charge in [0, 0.05) is 23.8 Å². The largest absolute Gasteiger partial charge is 0.269 e. The number of benzene rings is 1. The van der Waals surface area contributed by atoms with Gasteiger partial charge < -0.3 is 0 Å². The molecule has 0 aliphatic heterocycles. The third-order valence-electron chi connectivity index (χ3n) is 2.18. The van der Waals surface area contributed by atoms with E-state index in [2.05, 4.69) is 9.97 Å². The molecular weight excluding hydrogens is 225 g/mol. The van der Waals surface area contributed by atoms with E-state index < -0.39 is 10.9 Å². The lowest BCUT2D eigenvalue weighted by Gasteiger charge is -2.01. The summed E-state index contributed by atoms with van der Waals surface area (Å²) in [5.74, 6) is -0.302. The van der Waals surface area contributed by atoms with Crippen LogP contribution in [0.3, 0.4) is 0 Å². The summed E-state index contributed by atoms with van der Waals surface area (Å²) in [5, 5.41) is 10.5. The Labute approximate surface area is 96.1 Å². The normalized spacial score (nSPS) is 10.2. The van der Waals surface area contributed by atoms with Crippen molar-refractivity contribution in [1.82, 2.24) is 9.97 Å². The van der Waals surface area contributed by atoms with Crippen molar-refractivity contribution >= 4 is 5.69 Å². The number of aromatic nitrogens is 2. The summed E-state index contributed by atoms with van der Waals surface area (Å²) in [4.78, 5) is 17.6. The molecule has 5 nitrogen and oxygen atoms in total. The molecule has 2 rings (SSSR count). The lowest BCUT2D eigenvalue weighted by Crippen LogP contribution is -1.94. The number of nitrogens with zero attached hydrogens (tertiary/aromatic N) is 3. The van der Waals surface area contributed by atoms with Crippen molar-refractivity contribution in [1.29, 1.82) is 0 Å². The highest BCUT2D eigenvalue weighted by molar-refractivity contribution is 5.60. The van der Waals surface area contributed by atoms with E-state index in [0.29, 0.717) is 17.1 Å². The van der Waals surface area contributed by atoms with Crippen LogP contribution >= 0.6 is 0 Å². The van der Waals surface area contributed by atoms with Gasteiger partial charge in [-0.1, -0.05) is 0 Å². The third kappa shape index (κ3) is 2.41. The predicted octanol–water partition coefficient (Wildman–Crippen LogP) is 2.50. The van der Waals surface area contributed by atoms with Gasteiger partial charge in [-0.2, -0.15) is 4.39 Å². The van der Waals surface area contributed by atoms with E-state index in [1.165, 1.54) is 30.3 Å². The zero-order valence-electron chi connectivity index (χ0n) is 8.92. The SMILES string of the molecule is Cc1nc(F)cc(-c2ccc([N+](=O)[O-])cc2)n1. The van der Waals surface area contributed by atoms with Gasteiger partial charge in [0.15, 0.2) is 0 Å². The van der Waals surface area contributed by atoms with Gasteiger partial charge in [-0.25, -0.2) is 9.97 Å². The van der Waals surface area contributed by atoms with Crippen molar-refractivity contribution in [2.24, 2.45) is 0 Å². The van der Waals surface area contributed by atoms with E-state index in [1.807, 2.05) is 0 Å². The van der Waals surface area contributed by atoms with Crippen LogP contribution in [0.2, 0.25) is 0 Å². The van der Waals surface area contributed by atoms with E-state index in [9.17, 15) is 14.5 Å². The topological polar surface area (TPSA) is 68.9 Å². The van der Waals surface area contributed by atoms with Crippen molar-refractivity contribution in [3.8, 4) is 11.3 Å². The first-order valence-corrected chi connectivity index (χ1v) is 4.82. The molecular formula is C11H8FN3O2. The monoisotopic (exact) mass is 233 g/mol. The van der Waals surface area contributed by atoms with Crippen LogP contribution in [0.15, 0.2) is 30.3 Å². The Hall–Kier alpha value is -2.37. The number of non-ortho nitro benzene ring substituents is 1. The molecule has 0 radical (unpaired) electrons. The summed E-state index contributed by atoms with van der Waals surface area (Å²) in [6.45, 7) is 1.58. The number of halogens is 1. The predicted molar refractivity (Wildman–Crippen MR) is 58.8 cm³/mol. The highest BCUT2D eigenvalue weighted by atomic mass is 19.1. The number of rotatable bonds is 2. The summed E-state index contributed by atoms with van der Waals surface area (Å²) in [6.07, 6.45) is 0. The van der Waals surface area contributed by atoms with Gasteiger partial charge in [0.05, 0.1) is 10.6 Å². The Balaban J connectivity index is 2.43. The smallest absolute Gasteiger partial charge is 0.258 e. The molecule has 1 heterocycles. The Kier molecular flexibility index (Phi) is 2.78. The molecule has 0 spiro atoms. The molecule has 2 aromatic rings. The quantitative estimate of drug-likeness (QED) is 0.454. The van der Waals surface area contributed by atoms with Gasteiger partial charge in [0.1, 0.15) is 5.82 Å². The zero-order valence-corrected chi connectivity index (χ0v) is 8.92. The molecule has 0 saturated carbocycles. The average Bonchev–Trinajstić information content (AvgIpc) is 2.28. The third-order valence-corrected chi connectivity index (χ3v) is 2.18. The minimum absolute atomic E-state index is 0.0139. The van der Waals surface area contributed by atoms with Gasteiger partial charge >= 0.3 is 0 Å². The number of aryl methyl sites for hydroxylation is 1. The van der Waals surface area contributed by atoms with Crippen LogP contribution in [0.5, 0.6) is 0 Å². The number of hydrogen-bond acceptors (Lipinski definition) is 4. The molecule has 0 atom stereocenters. The molecule has 17 heavy (non-hydrogen) atoms. The zero-order chi connectivity index (χ0) is 12.4. The molecule has 1 aromatic heterocycles. The van der Waals surface area contributed by atoms with Gasteiger partial charge in [-0.3, -0.25) is 10.1 Å². The van der Waals surface area contributed by atoms with Crippen molar-refractivity contribution in [3.63, 3.8) is 0 Å². The maximum absolute atomic E-state index is 13.1. The molecule has 86 valence electrons. The van der Waals surface area contributed by atoms with Crippen LogP contribution in [-0.4, -0.2) is 14.9 Å². The van der Waals surface area contributed by atoms with Crippen LogP contribution < -0.4 is 0 Å². The molecule has 0 amide bonds. The maximum Gasteiger partial charge on any atom is 0.269 e. The molecule has 0 N–H and O–H groups in total. The van der Waals surface area contributed by atoms with Gasteiger partial charge in [-0.15, -0.1) is 0 Å². The molecule has 1 aromatic carbocycles. The molecule has 0 aliphatic carbocycles. The first-order chi connectivity index (χ1) is 8.06. The molecule has 0 aliphatic rings. The standard InChI is InChI=1S/C11H8FN3O2/c1-7-13-10(6-11(12)14-7)8-2-4-9(5-3-8)15(16)17/h2-6H,1H3. The molecule has 0 bridgehead atoms. The van der Waals surface area contributed by atoms with Crippen LogP contribution in [-0.2, 0) is 0 Å². The molecule has 0 saturated heterocycles. The first kappa shape index (κ1) is 11.1.